The number of carbonyl (C=O) groups excluding carboxylic acids is 1. The van der Waals surface area contributed by atoms with Crippen LogP contribution >= 0.6 is 39.0 Å². The van der Waals surface area contributed by atoms with Gasteiger partial charge in [-0.15, -0.1) is 11.3 Å². The predicted molar refractivity (Wildman–Crippen MR) is 124 cm³/mol. The van der Waals surface area contributed by atoms with Crippen molar-refractivity contribution in [3.8, 4) is 0 Å². The molecule has 0 aliphatic heterocycles. The summed E-state index contributed by atoms with van der Waals surface area (Å²) < 4.78 is 2.56. The van der Waals surface area contributed by atoms with E-state index in [2.05, 4.69) is 21.2 Å². The Labute approximate surface area is 186 Å². The smallest absolute Gasteiger partial charge is 0.262 e. The van der Waals surface area contributed by atoms with E-state index < -0.39 is 0 Å². The molecule has 0 radical (unpaired) electrons. The Morgan fingerprint density at radius 1 is 1.31 bits per heavy atom. The summed E-state index contributed by atoms with van der Waals surface area (Å²) in [6.07, 6.45) is 4.95. The molecule has 0 saturated carbocycles. The van der Waals surface area contributed by atoms with Gasteiger partial charge in [0.05, 0.1) is 10.6 Å². The van der Waals surface area contributed by atoms with Crippen LogP contribution in [0.25, 0.3) is 10.2 Å². The van der Waals surface area contributed by atoms with E-state index in [9.17, 15) is 9.59 Å². The number of nitrogens with zero attached hydrogens (tertiary/aromatic N) is 2. The molecule has 2 aromatic heterocycles. The molecule has 152 valence electrons. The van der Waals surface area contributed by atoms with E-state index in [1.54, 1.807) is 23.0 Å². The van der Waals surface area contributed by atoms with E-state index in [-0.39, 0.29) is 16.7 Å². The average molecular weight is 492 g/mol. The number of aromatic nitrogens is 2. The van der Waals surface area contributed by atoms with Gasteiger partial charge in [0.25, 0.3) is 5.56 Å². The highest BCUT2D eigenvalue weighted by atomic mass is 79.9. The number of amides is 1. The van der Waals surface area contributed by atoms with Crippen LogP contribution in [0, 0.1) is 0 Å². The van der Waals surface area contributed by atoms with Crippen molar-refractivity contribution in [2.24, 2.45) is 7.05 Å². The summed E-state index contributed by atoms with van der Waals surface area (Å²) in [6, 6.07) is 7.49. The third-order valence-corrected chi connectivity index (χ3v) is 8.30. The Bertz CT molecular complexity index is 1120. The van der Waals surface area contributed by atoms with Crippen molar-refractivity contribution >= 4 is 60.8 Å². The SMILES string of the molecule is CC[C@H](Sc1nc2sc3c(c2c(=O)n1C)CCCC3)C(=O)Nc1ccc(Br)cc1. The highest BCUT2D eigenvalue weighted by Crippen LogP contribution is 2.35. The van der Waals surface area contributed by atoms with Gasteiger partial charge in [0.1, 0.15) is 4.83 Å². The predicted octanol–water partition coefficient (Wildman–Crippen LogP) is 5.15. The average Bonchev–Trinajstić information content (AvgIpc) is 3.09. The minimum absolute atomic E-state index is 0.0000656. The van der Waals surface area contributed by atoms with Gasteiger partial charge in [0.15, 0.2) is 5.16 Å². The third-order valence-electron chi connectivity index (χ3n) is 5.18. The molecule has 4 rings (SSSR count). The van der Waals surface area contributed by atoms with Crippen molar-refractivity contribution in [1.29, 1.82) is 0 Å². The number of fused-ring (bicyclic) bond motifs is 3. The van der Waals surface area contributed by atoms with Crippen molar-refractivity contribution in [1.82, 2.24) is 9.55 Å². The lowest BCUT2D eigenvalue weighted by Gasteiger charge is -2.16. The van der Waals surface area contributed by atoms with E-state index >= 15 is 0 Å². The molecular weight excluding hydrogens is 470 g/mol. The summed E-state index contributed by atoms with van der Waals surface area (Å²) in [4.78, 5) is 32.8. The fourth-order valence-corrected chi connectivity index (χ4v) is 6.12. The first-order valence-electron chi connectivity index (χ1n) is 9.72. The standard InChI is InChI=1S/C21H22BrN3O2S2/c1-3-15(18(26)23-13-10-8-12(22)9-11-13)29-21-24-19-17(20(27)25(21)2)14-6-4-5-7-16(14)28-19/h8-11,15H,3-7H2,1-2H3,(H,23,26)/t15-/m0/s1. The zero-order valence-electron chi connectivity index (χ0n) is 16.3. The first-order chi connectivity index (χ1) is 14.0. The van der Waals surface area contributed by atoms with Crippen LogP contribution in [0.15, 0.2) is 38.7 Å². The maximum absolute atomic E-state index is 13.1. The number of rotatable bonds is 5. The molecule has 5 nitrogen and oxygen atoms in total. The van der Waals surface area contributed by atoms with E-state index in [0.29, 0.717) is 11.6 Å². The molecular formula is C21H22BrN3O2S2. The molecule has 1 aromatic carbocycles. The molecule has 1 N–H and O–H groups in total. The van der Waals surface area contributed by atoms with Crippen LogP contribution in [-0.4, -0.2) is 20.7 Å². The maximum Gasteiger partial charge on any atom is 0.262 e. The summed E-state index contributed by atoms with van der Waals surface area (Å²) in [6.45, 7) is 1.97. The fourth-order valence-electron chi connectivity index (χ4n) is 3.58. The Kier molecular flexibility index (Phi) is 6.13. The summed E-state index contributed by atoms with van der Waals surface area (Å²) >= 11 is 6.40. The van der Waals surface area contributed by atoms with E-state index in [1.807, 2.05) is 31.2 Å². The Hall–Kier alpha value is -1.64. The molecule has 2 heterocycles. The van der Waals surface area contributed by atoms with Gasteiger partial charge < -0.3 is 5.32 Å². The lowest BCUT2D eigenvalue weighted by atomic mass is 9.97. The van der Waals surface area contributed by atoms with Gasteiger partial charge in [-0.3, -0.25) is 14.2 Å². The second-order valence-electron chi connectivity index (χ2n) is 7.16. The van der Waals surface area contributed by atoms with Crippen LogP contribution in [0.1, 0.15) is 36.6 Å². The summed E-state index contributed by atoms with van der Waals surface area (Å²) in [5.41, 5.74) is 1.95. The van der Waals surface area contributed by atoms with Crippen LogP contribution < -0.4 is 10.9 Å². The Morgan fingerprint density at radius 2 is 2.03 bits per heavy atom. The number of thioether (sulfide) groups is 1. The second-order valence-corrected chi connectivity index (χ2v) is 10.3. The van der Waals surface area contributed by atoms with E-state index in [4.69, 9.17) is 4.98 Å². The molecule has 1 amide bonds. The first kappa shape index (κ1) is 20.6. The molecule has 1 atom stereocenters. The normalized spacial score (nSPS) is 14.6. The molecule has 3 aromatic rings. The number of hydrogen-bond acceptors (Lipinski definition) is 5. The molecule has 0 unspecified atom stereocenters. The zero-order chi connectivity index (χ0) is 20.5. The van der Waals surface area contributed by atoms with Crippen molar-refractivity contribution in [3.05, 3.63) is 49.5 Å². The number of hydrogen-bond donors (Lipinski definition) is 1. The lowest BCUT2D eigenvalue weighted by molar-refractivity contribution is -0.115. The number of benzene rings is 1. The summed E-state index contributed by atoms with van der Waals surface area (Å²) in [5, 5.41) is 4.01. The van der Waals surface area contributed by atoms with Crippen molar-refractivity contribution in [2.45, 2.75) is 49.4 Å². The third kappa shape index (κ3) is 4.15. The molecule has 8 heteroatoms. The van der Waals surface area contributed by atoms with Gasteiger partial charge in [0, 0.05) is 22.1 Å². The van der Waals surface area contributed by atoms with Gasteiger partial charge in [-0.25, -0.2) is 4.98 Å². The van der Waals surface area contributed by atoms with Gasteiger partial charge in [-0.05, 0) is 61.9 Å². The second kappa shape index (κ2) is 8.62. The Morgan fingerprint density at radius 3 is 2.76 bits per heavy atom. The Balaban J connectivity index is 1.61. The molecule has 1 aliphatic carbocycles. The molecule has 29 heavy (non-hydrogen) atoms. The zero-order valence-corrected chi connectivity index (χ0v) is 19.5. The minimum atomic E-state index is -0.330. The van der Waals surface area contributed by atoms with Gasteiger partial charge >= 0.3 is 0 Å². The summed E-state index contributed by atoms with van der Waals surface area (Å²) in [7, 11) is 1.75. The first-order valence-corrected chi connectivity index (χ1v) is 12.2. The number of thiophene rings is 1. The van der Waals surface area contributed by atoms with E-state index in [0.717, 1.165) is 39.6 Å². The molecule has 0 saturated heterocycles. The molecule has 1 aliphatic rings. The lowest BCUT2D eigenvalue weighted by Crippen LogP contribution is -2.27. The van der Waals surface area contributed by atoms with Crippen LogP contribution in [-0.2, 0) is 24.7 Å². The fraction of sp³-hybridized carbons (Fsp3) is 0.381. The monoisotopic (exact) mass is 491 g/mol. The van der Waals surface area contributed by atoms with Gasteiger partial charge in [-0.2, -0.15) is 0 Å². The van der Waals surface area contributed by atoms with Crippen LogP contribution in [0.4, 0.5) is 5.69 Å². The van der Waals surface area contributed by atoms with Crippen LogP contribution in [0.5, 0.6) is 0 Å². The topological polar surface area (TPSA) is 64.0 Å². The highest BCUT2D eigenvalue weighted by molar-refractivity contribution is 9.10. The van der Waals surface area contributed by atoms with Gasteiger partial charge in [0.2, 0.25) is 5.91 Å². The quantitative estimate of drug-likeness (QED) is 0.396. The largest absolute Gasteiger partial charge is 0.325 e. The molecule has 0 bridgehead atoms. The number of halogens is 1. The maximum atomic E-state index is 13.1. The molecule has 0 fully saturated rings. The van der Waals surface area contributed by atoms with Crippen LogP contribution in [0.3, 0.4) is 0 Å². The number of anilines is 1. The number of nitrogens with one attached hydrogen (secondary N) is 1. The van der Waals surface area contributed by atoms with Gasteiger partial charge in [-0.1, -0.05) is 34.6 Å². The number of aryl methyl sites for hydroxylation is 2. The number of carbonyl (C=O) groups is 1. The summed E-state index contributed by atoms with van der Waals surface area (Å²) in [5.74, 6) is -0.0837. The van der Waals surface area contributed by atoms with Crippen molar-refractivity contribution in [2.75, 3.05) is 5.32 Å². The van der Waals surface area contributed by atoms with Crippen molar-refractivity contribution in [3.63, 3.8) is 0 Å². The minimum Gasteiger partial charge on any atom is -0.325 e. The van der Waals surface area contributed by atoms with Crippen molar-refractivity contribution < 1.29 is 4.79 Å². The highest BCUT2D eigenvalue weighted by Gasteiger charge is 2.24. The molecule has 0 spiro atoms. The van der Waals surface area contributed by atoms with Crippen LogP contribution in [0.2, 0.25) is 0 Å². The van der Waals surface area contributed by atoms with E-state index in [1.165, 1.54) is 28.6 Å².